The van der Waals surface area contributed by atoms with Crippen molar-refractivity contribution in [3.63, 3.8) is 0 Å². The summed E-state index contributed by atoms with van der Waals surface area (Å²) in [5.41, 5.74) is 2.51. The van der Waals surface area contributed by atoms with Gasteiger partial charge in [0.15, 0.2) is 0 Å². The molecule has 6 nitrogen and oxygen atoms in total. The highest BCUT2D eigenvalue weighted by atomic mass is 15.3. The highest BCUT2D eigenvalue weighted by Crippen LogP contribution is 2.11. The molecule has 0 spiro atoms. The van der Waals surface area contributed by atoms with Crippen LogP contribution in [0.2, 0.25) is 0 Å². The largest absolute Gasteiger partial charge is 0.359 e. The summed E-state index contributed by atoms with van der Waals surface area (Å²) in [5.74, 6) is 6.80. The monoisotopic (exact) mass is 224 g/mol. The predicted molar refractivity (Wildman–Crippen MR) is 66.3 cm³/mol. The number of hydrogen-bond donors (Lipinski definition) is 2. The van der Waals surface area contributed by atoms with Crippen LogP contribution in [0.15, 0.2) is 12.4 Å². The van der Waals surface area contributed by atoms with E-state index in [4.69, 9.17) is 5.84 Å². The molecule has 0 bridgehead atoms. The van der Waals surface area contributed by atoms with Crippen molar-refractivity contribution < 1.29 is 0 Å². The Morgan fingerprint density at radius 2 is 2.00 bits per heavy atom. The Kier molecular flexibility index (Phi) is 4.94. The summed E-state index contributed by atoms with van der Waals surface area (Å²) in [4.78, 5) is 12.4. The summed E-state index contributed by atoms with van der Waals surface area (Å²) in [5, 5.41) is 0. The number of nitrogen functional groups attached to an aromatic ring is 1. The first-order chi connectivity index (χ1) is 7.63. The van der Waals surface area contributed by atoms with Gasteiger partial charge in [-0.1, -0.05) is 0 Å². The maximum Gasteiger partial charge on any atom is 0.145 e. The van der Waals surface area contributed by atoms with Crippen LogP contribution in [-0.4, -0.2) is 49.1 Å². The first kappa shape index (κ1) is 12.7. The fourth-order valence-electron chi connectivity index (χ4n) is 1.37. The molecule has 16 heavy (non-hydrogen) atoms. The summed E-state index contributed by atoms with van der Waals surface area (Å²) in [7, 11) is 6.15. The van der Waals surface area contributed by atoms with Crippen molar-refractivity contribution in [1.29, 1.82) is 0 Å². The smallest absolute Gasteiger partial charge is 0.145 e. The number of nitrogens with one attached hydrogen (secondary N) is 1. The number of hydrogen-bond acceptors (Lipinski definition) is 6. The summed E-state index contributed by atoms with van der Waals surface area (Å²) in [6, 6.07) is 1.83. The number of anilines is 2. The van der Waals surface area contributed by atoms with E-state index in [1.165, 1.54) is 6.33 Å². The van der Waals surface area contributed by atoms with Crippen LogP contribution in [0.3, 0.4) is 0 Å². The van der Waals surface area contributed by atoms with Gasteiger partial charge in [-0.25, -0.2) is 15.8 Å². The molecular formula is C10H20N6. The van der Waals surface area contributed by atoms with Crippen LogP contribution in [0.1, 0.15) is 6.42 Å². The first-order valence-electron chi connectivity index (χ1n) is 5.28. The third-order valence-corrected chi connectivity index (χ3v) is 2.29. The van der Waals surface area contributed by atoms with E-state index in [9.17, 15) is 0 Å². The lowest BCUT2D eigenvalue weighted by Crippen LogP contribution is -2.24. The molecular weight excluding hydrogens is 204 g/mol. The summed E-state index contributed by atoms with van der Waals surface area (Å²) in [6.07, 6.45) is 2.60. The molecule has 1 aromatic rings. The fraction of sp³-hybridized carbons (Fsp3) is 0.600. The average molecular weight is 224 g/mol. The molecule has 0 saturated heterocycles. The molecule has 0 unspecified atom stereocenters. The molecule has 0 saturated carbocycles. The van der Waals surface area contributed by atoms with Crippen molar-refractivity contribution in [2.75, 3.05) is 44.6 Å². The van der Waals surface area contributed by atoms with E-state index >= 15 is 0 Å². The maximum atomic E-state index is 5.29. The van der Waals surface area contributed by atoms with Crippen LogP contribution in [-0.2, 0) is 0 Å². The van der Waals surface area contributed by atoms with Gasteiger partial charge in [0, 0.05) is 19.7 Å². The minimum Gasteiger partial charge on any atom is -0.359 e. The zero-order chi connectivity index (χ0) is 12.0. The summed E-state index contributed by atoms with van der Waals surface area (Å²) in [6.45, 7) is 2.02. The fourth-order valence-corrected chi connectivity index (χ4v) is 1.37. The van der Waals surface area contributed by atoms with Gasteiger partial charge in [0.2, 0.25) is 0 Å². The standard InChI is InChI=1S/C10H20N6/c1-15(2)5-4-6-16(3)10-7-9(14-11)12-8-13-10/h7-8H,4-6,11H2,1-3H3,(H,12,13,14). The lowest BCUT2D eigenvalue weighted by atomic mass is 10.3. The molecule has 6 heteroatoms. The van der Waals surface area contributed by atoms with Crippen molar-refractivity contribution in [3.8, 4) is 0 Å². The zero-order valence-electron chi connectivity index (χ0n) is 10.1. The number of hydrazine groups is 1. The van der Waals surface area contributed by atoms with Gasteiger partial charge < -0.3 is 15.2 Å². The maximum absolute atomic E-state index is 5.29. The van der Waals surface area contributed by atoms with Gasteiger partial charge in [-0.05, 0) is 27.1 Å². The molecule has 1 heterocycles. The Morgan fingerprint density at radius 3 is 2.62 bits per heavy atom. The lowest BCUT2D eigenvalue weighted by Gasteiger charge is -2.19. The van der Waals surface area contributed by atoms with Crippen molar-refractivity contribution in [3.05, 3.63) is 12.4 Å². The highest BCUT2D eigenvalue weighted by Gasteiger charge is 2.03. The van der Waals surface area contributed by atoms with E-state index in [1.54, 1.807) is 0 Å². The molecule has 1 aromatic heterocycles. The molecule has 0 amide bonds. The van der Waals surface area contributed by atoms with Crippen molar-refractivity contribution in [1.82, 2.24) is 14.9 Å². The normalized spacial score (nSPS) is 10.6. The van der Waals surface area contributed by atoms with E-state index in [2.05, 4.69) is 39.3 Å². The lowest BCUT2D eigenvalue weighted by molar-refractivity contribution is 0.401. The minimum atomic E-state index is 0.629. The van der Waals surface area contributed by atoms with Crippen molar-refractivity contribution in [2.24, 2.45) is 5.84 Å². The SMILES string of the molecule is CN(C)CCCN(C)c1cc(NN)ncn1. The molecule has 0 aliphatic carbocycles. The highest BCUT2D eigenvalue weighted by molar-refractivity contribution is 5.47. The van der Waals surface area contributed by atoms with Gasteiger partial charge in [0.1, 0.15) is 18.0 Å². The van der Waals surface area contributed by atoms with Crippen LogP contribution < -0.4 is 16.2 Å². The van der Waals surface area contributed by atoms with E-state index < -0.39 is 0 Å². The third-order valence-electron chi connectivity index (χ3n) is 2.29. The summed E-state index contributed by atoms with van der Waals surface area (Å²) >= 11 is 0. The quantitative estimate of drug-likeness (QED) is 0.529. The third kappa shape index (κ3) is 4.00. The average Bonchev–Trinajstić information content (AvgIpc) is 2.28. The zero-order valence-corrected chi connectivity index (χ0v) is 10.1. The van der Waals surface area contributed by atoms with Crippen LogP contribution in [0.5, 0.6) is 0 Å². The van der Waals surface area contributed by atoms with Crippen LogP contribution >= 0.6 is 0 Å². The Balaban J connectivity index is 2.48. The van der Waals surface area contributed by atoms with Gasteiger partial charge in [-0.3, -0.25) is 0 Å². The Labute approximate surface area is 96.4 Å². The number of nitrogens with zero attached hydrogens (tertiary/aromatic N) is 4. The molecule has 0 atom stereocenters. The minimum absolute atomic E-state index is 0.629. The number of nitrogens with two attached hydrogens (primary N) is 1. The molecule has 90 valence electrons. The van der Waals surface area contributed by atoms with Gasteiger partial charge >= 0.3 is 0 Å². The van der Waals surface area contributed by atoms with Crippen molar-refractivity contribution >= 4 is 11.6 Å². The Hall–Kier alpha value is -1.40. The molecule has 0 aromatic carbocycles. The molecule has 3 N–H and O–H groups in total. The van der Waals surface area contributed by atoms with Gasteiger partial charge in [-0.15, -0.1) is 0 Å². The molecule has 1 rings (SSSR count). The topological polar surface area (TPSA) is 70.3 Å². The number of aromatic nitrogens is 2. The first-order valence-corrected chi connectivity index (χ1v) is 5.28. The van der Waals surface area contributed by atoms with Gasteiger partial charge in [-0.2, -0.15) is 0 Å². The molecule has 0 aliphatic heterocycles. The van der Waals surface area contributed by atoms with E-state index in [1.807, 2.05) is 13.1 Å². The van der Waals surface area contributed by atoms with Gasteiger partial charge in [0.05, 0.1) is 0 Å². The molecule has 0 radical (unpaired) electrons. The Bertz CT molecular complexity index is 314. The molecule has 0 aliphatic rings. The predicted octanol–water partition coefficient (Wildman–Crippen LogP) is 0.150. The van der Waals surface area contributed by atoms with E-state index in [0.717, 1.165) is 25.3 Å². The second-order valence-electron chi connectivity index (χ2n) is 3.98. The number of rotatable bonds is 6. The Morgan fingerprint density at radius 1 is 1.25 bits per heavy atom. The molecule has 0 fully saturated rings. The van der Waals surface area contributed by atoms with Gasteiger partial charge in [0.25, 0.3) is 0 Å². The second kappa shape index (κ2) is 6.24. The summed E-state index contributed by atoms with van der Waals surface area (Å²) < 4.78 is 0. The van der Waals surface area contributed by atoms with Crippen LogP contribution in [0.4, 0.5) is 11.6 Å². The van der Waals surface area contributed by atoms with Crippen LogP contribution in [0.25, 0.3) is 0 Å². The van der Waals surface area contributed by atoms with E-state index in [0.29, 0.717) is 5.82 Å². The van der Waals surface area contributed by atoms with Crippen molar-refractivity contribution in [2.45, 2.75) is 6.42 Å². The van der Waals surface area contributed by atoms with E-state index in [-0.39, 0.29) is 0 Å². The second-order valence-corrected chi connectivity index (χ2v) is 3.98. The van der Waals surface area contributed by atoms with Crippen LogP contribution in [0, 0.1) is 0 Å².